The summed E-state index contributed by atoms with van der Waals surface area (Å²) in [7, 11) is 0. The lowest BCUT2D eigenvalue weighted by Gasteiger charge is -2.17. The van der Waals surface area contributed by atoms with Crippen molar-refractivity contribution in [3.05, 3.63) is 34.6 Å². The Labute approximate surface area is 111 Å². The standard InChI is InChI=1S/C14H16ClFO2/c1-7-8(2)18-9(3)13(7)14(17)11-5-4-10(15)6-12(11)16/h4-9,13H,1-3H3. The molecule has 4 atom stereocenters. The highest BCUT2D eigenvalue weighted by Crippen LogP contribution is 2.35. The molecule has 1 aliphatic heterocycles. The molecule has 0 N–H and O–H groups in total. The molecule has 1 fully saturated rings. The topological polar surface area (TPSA) is 26.3 Å². The van der Waals surface area contributed by atoms with E-state index in [2.05, 4.69) is 0 Å². The summed E-state index contributed by atoms with van der Waals surface area (Å²) in [6.45, 7) is 5.76. The van der Waals surface area contributed by atoms with Crippen molar-refractivity contribution in [1.29, 1.82) is 0 Å². The van der Waals surface area contributed by atoms with Crippen LogP contribution in [0.3, 0.4) is 0 Å². The van der Waals surface area contributed by atoms with Gasteiger partial charge in [-0.25, -0.2) is 4.39 Å². The number of rotatable bonds is 2. The van der Waals surface area contributed by atoms with Gasteiger partial charge in [0.25, 0.3) is 0 Å². The molecular formula is C14H16ClFO2. The summed E-state index contributed by atoms with van der Waals surface area (Å²) >= 11 is 5.69. The Hall–Kier alpha value is -0.930. The molecule has 4 unspecified atom stereocenters. The molecule has 2 rings (SSSR count). The molecule has 0 bridgehead atoms. The molecule has 18 heavy (non-hydrogen) atoms. The first kappa shape index (κ1) is 13.5. The molecule has 0 radical (unpaired) electrons. The molecule has 0 amide bonds. The molecule has 1 aromatic rings. The average Bonchev–Trinajstić information content (AvgIpc) is 2.52. The summed E-state index contributed by atoms with van der Waals surface area (Å²) in [4.78, 5) is 12.4. The Kier molecular flexibility index (Phi) is 3.74. The van der Waals surface area contributed by atoms with Gasteiger partial charge in [0.1, 0.15) is 5.82 Å². The third-order valence-electron chi connectivity index (χ3n) is 3.74. The van der Waals surface area contributed by atoms with Gasteiger partial charge in [-0.1, -0.05) is 18.5 Å². The minimum atomic E-state index is -0.563. The van der Waals surface area contributed by atoms with E-state index in [4.69, 9.17) is 16.3 Å². The molecule has 4 heteroatoms. The number of ether oxygens (including phenoxy) is 1. The number of hydrogen-bond acceptors (Lipinski definition) is 2. The molecule has 0 aromatic heterocycles. The number of ketones is 1. The Morgan fingerprint density at radius 2 is 1.94 bits per heavy atom. The molecule has 0 aliphatic carbocycles. The lowest BCUT2D eigenvalue weighted by molar-refractivity contribution is 0.0490. The van der Waals surface area contributed by atoms with E-state index < -0.39 is 5.82 Å². The monoisotopic (exact) mass is 270 g/mol. The van der Waals surface area contributed by atoms with Crippen molar-refractivity contribution in [3.8, 4) is 0 Å². The Bertz CT molecular complexity index is 475. The third-order valence-corrected chi connectivity index (χ3v) is 3.98. The van der Waals surface area contributed by atoms with Crippen LogP contribution in [0.2, 0.25) is 5.02 Å². The van der Waals surface area contributed by atoms with Crippen molar-refractivity contribution in [1.82, 2.24) is 0 Å². The number of carbonyl (C=O) groups excluding carboxylic acids is 1. The third kappa shape index (κ3) is 2.29. The molecule has 2 nitrogen and oxygen atoms in total. The van der Waals surface area contributed by atoms with Crippen molar-refractivity contribution < 1.29 is 13.9 Å². The number of halogens is 2. The molecule has 0 saturated carbocycles. The first-order chi connectivity index (χ1) is 8.41. The van der Waals surface area contributed by atoms with Crippen molar-refractivity contribution in [2.45, 2.75) is 33.0 Å². The lowest BCUT2D eigenvalue weighted by atomic mass is 9.83. The fraction of sp³-hybridized carbons (Fsp3) is 0.500. The summed E-state index contributed by atoms with van der Waals surface area (Å²) in [6, 6.07) is 4.15. The second-order valence-electron chi connectivity index (χ2n) is 4.92. The van der Waals surface area contributed by atoms with Gasteiger partial charge in [0.15, 0.2) is 5.78 Å². The second kappa shape index (κ2) is 4.98. The molecule has 1 heterocycles. The number of Topliss-reactive ketones (excluding diaryl/α,β-unsaturated/α-hetero) is 1. The Balaban J connectivity index is 2.31. The van der Waals surface area contributed by atoms with Crippen molar-refractivity contribution in [2.75, 3.05) is 0 Å². The van der Waals surface area contributed by atoms with E-state index in [1.54, 1.807) is 0 Å². The molecule has 0 spiro atoms. The highest BCUT2D eigenvalue weighted by molar-refractivity contribution is 6.30. The van der Waals surface area contributed by atoms with Crippen LogP contribution in [-0.2, 0) is 4.74 Å². The van der Waals surface area contributed by atoms with Crippen molar-refractivity contribution in [2.24, 2.45) is 11.8 Å². The van der Waals surface area contributed by atoms with Crippen LogP contribution in [0.25, 0.3) is 0 Å². The Morgan fingerprint density at radius 1 is 1.28 bits per heavy atom. The fourth-order valence-electron chi connectivity index (χ4n) is 2.59. The zero-order valence-corrected chi connectivity index (χ0v) is 11.4. The molecule has 1 aromatic carbocycles. The number of hydrogen-bond donors (Lipinski definition) is 0. The Morgan fingerprint density at radius 3 is 2.44 bits per heavy atom. The normalized spacial score (nSPS) is 31.6. The van der Waals surface area contributed by atoms with Gasteiger partial charge >= 0.3 is 0 Å². The van der Waals surface area contributed by atoms with Gasteiger partial charge in [0.05, 0.1) is 23.7 Å². The summed E-state index contributed by atoms with van der Waals surface area (Å²) in [5.41, 5.74) is 0.0980. The highest BCUT2D eigenvalue weighted by Gasteiger charge is 2.42. The van der Waals surface area contributed by atoms with Gasteiger partial charge < -0.3 is 4.74 Å². The highest BCUT2D eigenvalue weighted by atomic mass is 35.5. The van der Waals surface area contributed by atoms with E-state index in [0.717, 1.165) is 0 Å². The quantitative estimate of drug-likeness (QED) is 0.766. The van der Waals surface area contributed by atoms with Crippen LogP contribution in [0.5, 0.6) is 0 Å². The van der Waals surface area contributed by atoms with E-state index in [-0.39, 0.29) is 35.4 Å². The van der Waals surface area contributed by atoms with Crippen LogP contribution in [0, 0.1) is 17.7 Å². The van der Waals surface area contributed by atoms with Gasteiger partial charge in [-0.2, -0.15) is 0 Å². The van der Waals surface area contributed by atoms with Crippen LogP contribution in [0.4, 0.5) is 4.39 Å². The smallest absolute Gasteiger partial charge is 0.171 e. The molecule has 98 valence electrons. The number of benzene rings is 1. The second-order valence-corrected chi connectivity index (χ2v) is 5.36. The van der Waals surface area contributed by atoms with Gasteiger partial charge in [0.2, 0.25) is 0 Å². The van der Waals surface area contributed by atoms with Crippen LogP contribution in [-0.4, -0.2) is 18.0 Å². The summed E-state index contributed by atoms with van der Waals surface area (Å²) in [6.07, 6.45) is -0.165. The van der Waals surface area contributed by atoms with Crippen LogP contribution < -0.4 is 0 Å². The minimum absolute atomic E-state index is 0.0179. The lowest BCUT2D eigenvalue weighted by Crippen LogP contribution is -2.27. The molecular weight excluding hydrogens is 255 g/mol. The summed E-state index contributed by atoms with van der Waals surface area (Å²) in [5, 5.41) is 0.293. The summed E-state index contributed by atoms with van der Waals surface area (Å²) < 4.78 is 19.4. The largest absolute Gasteiger partial charge is 0.374 e. The minimum Gasteiger partial charge on any atom is -0.374 e. The maximum absolute atomic E-state index is 13.8. The first-order valence-corrected chi connectivity index (χ1v) is 6.44. The van der Waals surface area contributed by atoms with E-state index in [1.165, 1.54) is 18.2 Å². The van der Waals surface area contributed by atoms with Gasteiger partial charge in [-0.3, -0.25) is 4.79 Å². The average molecular weight is 271 g/mol. The van der Waals surface area contributed by atoms with Crippen molar-refractivity contribution in [3.63, 3.8) is 0 Å². The maximum Gasteiger partial charge on any atom is 0.171 e. The van der Waals surface area contributed by atoms with Crippen LogP contribution in [0.15, 0.2) is 18.2 Å². The van der Waals surface area contributed by atoms with Gasteiger partial charge in [-0.15, -0.1) is 0 Å². The predicted molar refractivity (Wildman–Crippen MR) is 68.4 cm³/mol. The van der Waals surface area contributed by atoms with E-state index in [0.29, 0.717) is 5.02 Å². The predicted octanol–water partition coefficient (Wildman–Crippen LogP) is 3.72. The van der Waals surface area contributed by atoms with E-state index in [9.17, 15) is 9.18 Å². The maximum atomic E-state index is 13.8. The number of carbonyl (C=O) groups is 1. The molecule has 1 saturated heterocycles. The molecule has 1 aliphatic rings. The summed E-state index contributed by atoms with van der Waals surface area (Å²) in [5.74, 6) is -0.974. The van der Waals surface area contributed by atoms with E-state index in [1.807, 2.05) is 20.8 Å². The van der Waals surface area contributed by atoms with E-state index >= 15 is 0 Å². The van der Waals surface area contributed by atoms with Crippen LogP contribution >= 0.6 is 11.6 Å². The van der Waals surface area contributed by atoms with Crippen LogP contribution in [0.1, 0.15) is 31.1 Å². The van der Waals surface area contributed by atoms with Crippen molar-refractivity contribution >= 4 is 17.4 Å². The van der Waals surface area contributed by atoms with Gasteiger partial charge in [0, 0.05) is 5.02 Å². The SMILES string of the molecule is CC1OC(C)C(C(=O)c2ccc(Cl)cc2F)C1C. The fourth-order valence-corrected chi connectivity index (χ4v) is 2.75. The zero-order chi connectivity index (χ0) is 13.4. The van der Waals surface area contributed by atoms with Gasteiger partial charge in [-0.05, 0) is 38.0 Å². The first-order valence-electron chi connectivity index (χ1n) is 6.06. The zero-order valence-electron chi connectivity index (χ0n) is 10.6.